The van der Waals surface area contributed by atoms with E-state index in [1.807, 2.05) is 11.6 Å². The number of nitrogens with zero attached hydrogens (tertiary/aromatic N) is 2. The van der Waals surface area contributed by atoms with Crippen molar-refractivity contribution in [3.8, 4) is 0 Å². The molecule has 1 heterocycles. The lowest BCUT2D eigenvalue weighted by molar-refractivity contribution is 0.282. The summed E-state index contributed by atoms with van der Waals surface area (Å²) in [6.45, 7) is 5.18. The minimum Gasteiger partial charge on any atom is -0.295 e. The minimum absolute atomic E-state index is 0.700. The third-order valence-electron chi connectivity index (χ3n) is 1.78. The van der Waals surface area contributed by atoms with Crippen molar-refractivity contribution in [3.63, 3.8) is 0 Å². The van der Waals surface area contributed by atoms with E-state index >= 15 is 0 Å². The molecule has 1 aromatic rings. The second-order valence-corrected chi connectivity index (χ2v) is 4.25. The number of halogens is 1. The zero-order valence-electron chi connectivity index (χ0n) is 7.87. The molecule has 0 atom stereocenters. The lowest BCUT2D eigenvalue weighted by Crippen LogP contribution is -2.26. The minimum atomic E-state index is 0.700. The highest BCUT2D eigenvalue weighted by Crippen LogP contribution is 2.08. The van der Waals surface area contributed by atoms with Crippen LogP contribution in [0.5, 0.6) is 0 Å². The van der Waals surface area contributed by atoms with Gasteiger partial charge in [0.1, 0.15) is 5.01 Å². The zero-order valence-corrected chi connectivity index (χ0v) is 9.44. The molecule has 0 aliphatic heterocycles. The average Bonchev–Trinajstić information content (AvgIpc) is 2.58. The van der Waals surface area contributed by atoms with Crippen molar-refractivity contribution < 1.29 is 0 Å². The summed E-state index contributed by atoms with van der Waals surface area (Å²) in [7, 11) is 0. The maximum absolute atomic E-state index is 5.71. The Labute approximate surface area is 88.5 Å². The van der Waals surface area contributed by atoms with Crippen LogP contribution in [0.4, 0.5) is 0 Å². The van der Waals surface area contributed by atoms with Crippen LogP contribution in [0.15, 0.2) is 11.6 Å². The van der Waals surface area contributed by atoms with Crippen LogP contribution in [0.2, 0.25) is 0 Å². The van der Waals surface area contributed by atoms with Crippen molar-refractivity contribution in [1.29, 1.82) is 0 Å². The van der Waals surface area contributed by atoms with Gasteiger partial charge in [-0.1, -0.05) is 6.92 Å². The summed E-state index contributed by atoms with van der Waals surface area (Å²) in [4.78, 5) is 6.59. The van der Waals surface area contributed by atoms with E-state index in [2.05, 4.69) is 16.8 Å². The molecular formula is C9H15ClN2S. The molecule has 0 aromatic carbocycles. The van der Waals surface area contributed by atoms with E-state index in [0.29, 0.717) is 5.88 Å². The van der Waals surface area contributed by atoms with Crippen LogP contribution in [0.25, 0.3) is 0 Å². The van der Waals surface area contributed by atoms with Gasteiger partial charge in [0, 0.05) is 24.0 Å². The Morgan fingerprint density at radius 1 is 1.54 bits per heavy atom. The van der Waals surface area contributed by atoms with Gasteiger partial charge in [-0.05, 0) is 13.0 Å². The fourth-order valence-corrected chi connectivity index (χ4v) is 2.12. The van der Waals surface area contributed by atoms with E-state index in [9.17, 15) is 0 Å². The first-order valence-corrected chi connectivity index (χ1v) is 5.95. The second-order valence-electron chi connectivity index (χ2n) is 2.89. The summed E-state index contributed by atoms with van der Waals surface area (Å²) in [5.41, 5.74) is 0. The quantitative estimate of drug-likeness (QED) is 0.683. The molecule has 2 nitrogen and oxygen atoms in total. The topological polar surface area (TPSA) is 16.1 Å². The maximum atomic E-state index is 5.71. The summed E-state index contributed by atoms with van der Waals surface area (Å²) in [5.74, 6) is 0.700. The van der Waals surface area contributed by atoms with Crippen molar-refractivity contribution in [2.75, 3.05) is 19.0 Å². The molecule has 0 unspecified atom stereocenters. The summed E-state index contributed by atoms with van der Waals surface area (Å²) in [6.07, 6.45) is 3.02. The highest BCUT2D eigenvalue weighted by Gasteiger charge is 2.05. The van der Waals surface area contributed by atoms with Crippen LogP contribution in [0, 0.1) is 0 Å². The van der Waals surface area contributed by atoms with E-state index in [1.54, 1.807) is 11.3 Å². The molecule has 0 aliphatic rings. The monoisotopic (exact) mass is 218 g/mol. The Kier molecular flexibility index (Phi) is 5.35. The predicted molar refractivity (Wildman–Crippen MR) is 58.4 cm³/mol. The highest BCUT2D eigenvalue weighted by atomic mass is 35.5. The lowest BCUT2D eigenvalue weighted by Gasteiger charge is -2.18. The van der Waals surface area contributed by atoms with Crippen LogP contribution >= 0.6 is 22.9 Å². The lowest BCUT2D eigenvalue weighted by atomic mass is 10.4. The normalized spacial score (nSPS) is 11.0. The molecular weight excluding hydrogens is 204 g/mol. The van der Waals surface area contributed by atoms with E-state index in [-0.39, 0.29) is 0 Å². The molecule has 0 saturated carbocycles. The van der Waals surface area contributed by atoms with Crippen LogP contribution in [0.1, 0.15) is 18.4 Å². The van der Waals surface area contributed by atoms with Gasteiger partial charge in [0.15, 0.2) is 0 Å². The smallest absolute Gasteiger partial charge is 0.107 e. The molecule has 0 saturated heterocycles. The molecule has 0 aliphatic carbocycles. The standard InChI is InChI=1S/C9H15ClN2S/c1-2-5-12(6-3-10)8-9-11-4-7-13-9/h4,7H,2-3,5-6,8H2,1H3. The number of rotatable bonds is 6. The number of alkyl halides is 1. The molecule has 4 heteroatoms. The highest BCUT2D eigenvalue weighted by molar-refractivity contribution is 7.09. The fraction of sp³-hybridized carbons (Fsp3) is 0.667. The van der Waals surface area contributed by atoms with Crippen LogP contribution < -0.4 is 0 Å². The molecule has 13 heavy (non-hydrogen) atoms. The summed E-state index contributed by atoms with van der Waals surface area (Å²) >= 11 is 7.42. The van der Waals surface area contributed by atoms with E-state index < -0.39 is 0 Å². The molecule has 0 bridgehead atoms. The molecule has 1 rings (SSSR count). The van der Waals surface area contributed by atoms with Gasteiger partial charge in [-0.25, -0.2) is 4.98 Å². The van der Waals surface area contributed by atoms with Gasteiger partial charge in [0.05, 0.1) is 6.54 Å². The van der Waals surface area contributed by atoms with E-state index in [0.717, 1.165) is 19.6 Å². The van der Waals surface area contributed by atoms with Gasteiger partial charge < -0.3 is 0 Å². The van der Waals surface area contributed by atoms with Crippen molar-refractivity contribution in [1.82, 2.24) is 9.88 Å². The van der Waals surface area contributed by atoms with Crippen molar-refractivity contribution >= 4 is 22.9 Å². The summed E-state index contributed by atoms with van der Waals surface area (Å²) in [6, 6.07) is 0. The van der Waals surface area contributed by atoms with Gasteiger partial charge in [-0.3, -0.25) is 4.90 Å². The number of hydrogen-bond donors (Lipinski definition) is 0. The Balaban J connectivity index is 2.37. The van der Waals surface area contributed by atoms with Gasteiger partial charge >= 0.3 is 0 Å². The van der Waals surface area contributed by atoms with Gasteiger partial charge in [0.25, 0.3) is 0 Å². The molecule has 0 N–H and O–H groups in total. The number of hydrogen-bond acceptors (Lipinski definition) is 3. The first-order valence-electron chi connectivity index (χ1n) is 4.53. The van der Waals surface area contributed by atoms with Gasteiger partial charge in [-0.2, -0.15) is 0 Å². The summed E-state index contributed by atoms with van der Waals surface area (Å²) < 4.78 is 0. The molecule has 0 spiro atoms. The van der Waals surface area contributed by atoms with E-state index in [4.69, 9.17) is 11.6 Å². The maximum Gasteiger partial charge on any atom is 0.107 e. The van der Waals surface area contributed by atoms with Crippen molar-refractivity contribution in [2.24, 2.45) is 0 Å². The Bertz CT molecular complexity index is 207. The fourth-order valence-electron chi connectivity index (χ4n) is 1.23. The SMILES string of the molecule is CCCN(CCCl)Cc1nccs1. The second kappa shape index (κ2) is 6.35. The van der Waals surface area contributed by atoms with Crippen LogP contribution in [-0.2, 0) is 6.54 Å². The van der Waals surface area contributed by atoms with E-state index in [1.165, 1.54) is 11.4 Å². The number of aromatic nitrogens is 1. The molecule has 74 valence electrons. The Morgan fingerprint density at radius 2 is 2.38 bits per heavy atom. The van der Waals surface area contributed by atoms with Crippen LogP contribution in [0.3, 0.4) is 0 Å². The first-order chi connectivity index (χ1) is 6.36. The largest absolute Gasteiger partial charge is 0.295 e. The molecule has 0 amide bonds. The average molecular weight is 219 g/mol. The van der Waals surface area contributed by atoms with Crippen molar-refractivity contribution in [2.45, 2.75) is 19.9 Å². The molecule has 0 fully saturated rings. The molecule has 0 radical (unpaired) electrons. The predicted octanol–water partition coefficient (Wildman–Crippen LogP) is 2.59. The zero-order chi connectivity index (χ0) is 9.52. The third-order valence-corrected chi connectivity index (χ3v) is 2.72. The summed E-state index contributed by atoms with van der Waals surface area (Å²) in [5, 5.41) is 3.19. The third kappa shape index (κ3) is 4.07. The first kappa shape index (κ1) is 11.0. The van der Waals surface area contributed by atoms with Gasteiger partial charge in [0.2, 0.25) is 0 Å². The van der Waals surface area contributed by atoms with Gasteiger partial charge in [-0.15, -0.1) is 22.9 Å². The van der Waals surface area contributed by atoms with Crippen LogP contribution in [-0.4, -0.2) is 28.9 Å². The number of thiazole rings is 1. The molecule has 1 aromatic heterocycles. The Morgan fingerprint density at radius 3 is 2.92 bits per heavy atom. The Hall–Kier alpha value is -0.120. The van der Waals surface area contributed by atoms with Crippen molar-refractivity contribution in [3.05, 3.63) is 16.6 Å².